The third-order valence-electron chi connectivity index (χ3n) is 2.28. The Bertz CT molecular complexity index is 494. The van der Waals surface area contributed by atoms with Crippen LogP contribution in [-0.2, 0) is 13.5 Å². The summed E-state index contributed by atoms with van der Waals surface area (Å²) in [5.74, 6) is -0.202. The lowest BCUT2D eigenvalue weighted by atomic mass is 10.2. The molecule has 0 aliphatic carbocycles. The van der Waals surface area contributed by atoms with E-state index in [9.17, 15) is 4.79 Å². The summed E-state index contributed by atoms with van der Waals surface area (Å²) >= 11 is 0. The lowest BCUT2D eigenvalue weighted by Gasteiger charge is -2.02. The summed E-state index contributed by atoms with van der Waals surface area (Å²) in [7, 11) is 1.72. The first-order valence-electron chi connectivity index (χ1n) is 5.29. The van der Waals surface area contributed by atoms with E-state index in [1.54, 1.807) is 25.6 Å². The van der Waals surface area contributed by atoms with E-state index in [2.05, 4.69) is 20.6 Å². The van der Waals surface area contributed by atoms with E-state index in [1.165, 1.54) is 4.68 Å². The van der Waals surface area contributed by atoms with Gasteiger partial charge in [0.2, 0.25) is 0 Å². The normalized spacial score (nSPS) is 10.2. The van der Waals surface area contributed by atoms with Crippen LogP contribution in [0.5, 0.6) is 0 Å². The molecule has 2 rings (SSSR count). The molecule has 1 N–H and O–H groups in total. The molecule has 2 aromatic heterocycles. The van der Waals surface area contributed by atoms with Crippen LogP contribution in [0.1, 0.15) is 16.1 Å². The number of aryl methyl sites for hydroxylation is 1. The largest absolute Gasteiger partial charge is 0.350 e. The van der Waals surface area contributed by atoms with Crippen molar-refractivity contribution < 1.29 is 4.79 Å². The van der Waals surface area contributed by atoms with Gasteiger partial charge in [-0.2, -0.15) is 0 Å². The van der Waals surface area contributed by atoms with Crippen molar-refractivity contribution in [1.82, 2.24) is 25.3 Å². The maximum absolute atomic E-state index is 11.6. The van der Waals surface area contributed by atoms with Gasteiger partial charge in [-0.3, -0.25) is 14.5 Å². The van der Waals surface area contributed by atoms with Gasteiger partial charge in [0, 0.05) is 26.0 Å². The summed E-state index contributed by atoms with van der Waals surface area (Å²) in [6, 6.07) is 3.85. The smallest absolute Gasteiger partial charge is 0.273 e. The Labute approximate surface area is 98.7 Å². The van der Waals surface area contributed by atoms with E-state index in [1.807, 2.05) is 12.1 Å². The van der Waals surface area contributed by atoms with Gasteiger partial charge in [-0.1, -0.05) is 5.21 Å². The maximum Gasteiger partial charge on any atom is 0.273 e. The zero-order chi connectivity index (χ0) is 12.1. The molecule has 0 aromatic carbocycles. The van der Waals surface area contributed by atoms with Gasteiger partial charge < -0.3 is 5.32 Å². The molecular formula is C11H13N5O. The molecule has 0 radical (unpaired) electrons. The minimum absolute atomic E-state index is 0.202. The highest BCUT2D eigenvalue weighted by Crippen LogP contribution is 1.97. The topological polar surface area (TPSA) is 72.7 Å². The number of amides is 1. The fraction of sp³-hybridized carbons (Fsp3) is 0.273. The highest BCUT2D eigenvalue weighted by molar-refractivity contribution is 5.91. The van der Waals surface area contributed by atoms with Crippen molar-refractivity contribution in [3.8, 4) is 0 Å². The molecule has 0 spiro atoms. The molecular weight excluding hydrogens is 218 g/mol. The molecule has 0 aliphatic rings. The lowest BCUT2D eigenvalue weighted by molar-refractivity contribution is 0.0949. The van der Waals surface area contributed by atoms with Gasteiger partial charge in [0.25, 0.3) is 5.91 Å². The monoisotopic (exact) mass is 231 g/mol. The number of hydrogen-bond donors (Lipinski definition) is 1. The van der Waals surface area contributed by atoms with Crippen molar-refractivity contribution in [3.05, 3.63) is 42.0 Å². The second-order valence-electron chi connectivity index (χ2n) is 3.64. The third-order valence-corrected chi connectivity index (χ3v) is 2.28. The van der Waals surface area contributed by atoms with E-state index in [4.69, 9.17) is 0 Å². The molecule has 0 saturated carbocycles. The number of nitrogens with one attached hydrogen (secondary N) is 1. The number of rotatable bonds is 4. The number of hydrogen-bond acceptors (Lipinski definition) is 4. The molecule has 0 aliphatic heterocycles. The van der Waals surface area contributed by atoms with Crippen LogP contribution in [0.4, 0.5) is 0 Å². The highest BCUT2D eigenvalue weighted by atomic mass is 16.1. The molecule has 88 valence electrons. The van der Waals surface area contributed by atoms with Crippen molar-refractivity contribution in [2.45, 2.75) is 6.42 Å². The minimum atomic E-state index is -0.202. The van der Waals surface area contributed by atoms with Crippen molar-refractivity contribution >= 4 is 5.91 Å². The molecule has 6 nitrogen and oxygen atoms in total. The van der Waals surface area contributed by atoms with Crippen molar-refractivity contribution in [1.29, 1.82) is 0 Å². The second kappa shape index (κ2) is 5.20. The van der Waals surface area contributed by atoms with E-state index in [0.29, 0.717) is 12.2 Å². The van der Waals surface area contributed by atoms with E-state index in [-0.39, 0.29) is 5.91 Å². The molecule has 2 heterocycles. The molecule has 0 fully saturated rings. The van der Waals surface area contributed by atoms with Crippen LogP contribution >= 0.6 is 0 Å². The quantitative estimate of drug-likeness (QED) is 0.814. The molecule has 0 saturated heterocycles. The lowest BCUT2D eigenvalue weighted by Crippen LogP contribution is -2.26. The standard InChI is InChI=1S/C11H13N5O/c1-16-8-10(14-15-16)11(17)13-7-4-9-2-5-12-6-3-9/h2-3,5-6,8H,4,7H2,1H3,(H,13,17). The Morgan fingerprint density at radius 2 is 2.18 bits per heavy atom. The van der Waals surface area contributed by atoms with Gasteiger partial charge in [0.15, 0.2) is 5.69 Å². The molecule has 0 unspecified atom stereocenters. The predicted molar refractivity (Wildman–Crippen MR) is 61.3 cm³/mol. The fourth-order valence-electron chi connectivity index (χ4n) is 1.41. The Morgan fingerprint density at radius 3 is 2.82 bits per heavy atom. The average Bonchev–Trinajstić information content (AvgIpc) is 2.77. The number of carbonyl (C=O) groups excluding carboxylic acids is 1. The summed E-state index contributed by atoms with van der Waals surface area (Å²) < 4.78 is 1.50. The van der Waals surface area contributed by atoms with Crippen molar-refractivity contribution in [3.63, 3.8) is 0 Å². The van der Waals surface area contributed by atoms with E-state index >= 15 is 0 Å². The summed E-state index contributed by atoms with van der Waals surface area (Å²) in [5, 5.41) is 10.2. The number of nitrogens with zero attached hydrogens (tertiary/aromatic N) is 4. The van der Waals surface area contributed by atoms with Gasteiger partial charge in [0.05, 0.1) is 6.20 Å². The molecule has 0 bridgehead atoms. The van der Waals surface area contributed by atoms with Gasteiger partial charge in [-0.05, 0) is 24.1 Å². The van der Waals surface area contributed by atoms with E-state index < -0.39 is 0 Å². The molecule has 17 heavy (non-hydrogen) atoms. The van der Waals surface area contributed by atoms with Crippen molar-refractivity contribution in [2.75, 3.05) is 6.54 Å². The Hall–Kier alpha value is -2.24. The summed E-state index contributed by atoms with van der Waals surface area (Å²) in [6.07, 6.45) is 5.83. The Morgan fingerprint density at radius 1 is 1.41 bits per heavy atom. The number of aromatic nitrogens is 4. The SMILES string of the molecule is Cn1cc(C(=O)NCCc2ccncc2)nn1. The Kier molecular flexibility index (Phi) is 3.44. The average molecular weight is 231 g/mol. The van der Waals surface area contributed by atoms with Gasteiger partial charge in [-0.15, -0.1) is 5.10 Å². The van der Waals surface area contributed by atoms with Crippen LogP contribution < -0.4 is 5.32 Å². The third kappa shape index (κ3) is 3.10. The molecule has 2 aromatic rings. The zero-order valence-corrected chi connectivity index (χ0v) is 9.50. The van der Waals surface area contributed by atoms with Gasteiger partial charge in [-0.25, -0.2) is 0 Å². The van der Waals surface area contributed by atoms with Crippen LogP contribution in [0.15, 0.2) is 30.7 Å². The summed E-state index contributed by atoms with van der Waals surface area (Å²) in [4.78, 5) is 15.5. The Balaban J connectivity index is 1.81. The van der Waals surface area contributed by atoms with Gasteiger partial charge >= 0.3 is 0 Å². The maximum atomic E-state index is 11.6. The van der Waals surface area contributed by atoms with Crippen LogP contribution in [0.3, 0.4) is 0 Å². The van der Waals surface area contributed by atoms with Gasteiger partial charge in [0.1, 0.15) is 0 Å². The van der Waals surface area contributed by atoms with Crippen LogP contribution in [-0.4, -0.2) is 32.4 Å². The number of carbonyl (C=O) groups is 1. The summed E-state index contributed by atoms with van der Waals surface area (Å²) in [5.41, 5.74) is 1.47. The highest BCUT2D eigenvalue weighted by Gasteiger charge is 2.08. The number of pyridine rings is 1. The van der Waals surface area contributed by atoms with E-state index in [0.717, 1.165) is 12.0 Å². The van der Waals surface area contributed by atoms with Crippen molar-refractivity contribution in [2.24, 2.45) is 7.05 Å². The first-order chi connectivity index (χ1) is 8.25. The fourth-order valence-corrected chi connectivity index (χ4v) is 1.41. The first-order valence-corrected chi connectivity index (χ1v) is 5.29. The van der Waals surface area contributed by atoms with Crippen LogP contribution in [0.25, 0.3) is 0 Å². The molecule has 0 atom stereocenters. The molecule has 1 amide bonds. The summed E-state index contributed by atoms with van der Waals surface area (Å²) in [6.45, 7) is 0.569. The second-order valence-corrected chi connectivity index (χ2v) is 3.64. The zero-order valence-electron chi connectivity index (χ0n) is 9.50. The van der Waals surface area contributed by atoms with Crippen LogP contribution in [0.2, 0.25) is 0 Å². The first kappa shape index (κ1) is 11.3. The molecule has 6 heteroatoms. The minimum Gasteiger partial charge on any atom is -0.350 e. The predicted octanol–water partition coefficient (Wildman–Crippen LogP) is 0.183. The van der Waals surface area contributed by atoms with Crippen LogP contribution in [0, 0.1) is 0 Å².